The molecule has 3 aliphatic heterocycles. The van der Waals surface area contributed by atoms with Gasteiger partial charge in [-0.25, -0.2) is 4.79 Å². The van der Waals surface area contributed by atoms with Crippen molar-refractivity contribution in [1.29, 1.82) is 0 Å². The molecule has 5 heterocycles. The number of hydrogen-bond acceptors (Lipinski definition) is 23. The van der Waals surface area contributed by atoms with Crippen LogP contribution in [0.5, 0.6) is 0 Å². The van der Waals surface area contributed by atoms with Crippen LogP contribution in [0.3, 0.4) is 0 Å². The summed E-state index contributed by atoms with van der Waals surface area (Å²) in [6.07, 6.45) is -19.5. The summed E-state index contributed by atoms with van der Waals surface area (Å²) in [5, 5.41) is 130. The fraction of sp³-hybridized carbons (Fsp3) is 0.545. The fourth-order valence-corrected chi connectivity index (χ4v) is 10.1. The van der Waals surface area contributed by atoms with Crippen LogP contribution in [0, 0.1) is 0 Å². The summed E-state index contributed by atoms with van der Waals surface area (Å²) in [5.41, 5.74) is 3.20. The van der Waals surface area contributed by atoms with Crippen LogP contribution >= 0.6 is 0 Å². The third-order valence-corrected chi connectivity index (χ3v) is 14.5. The first kappa shape index (κ1) is 62.3. The van der Waals surface area contributed by atoms with Gasteiger partial charge in [-0.1, -0.05) is 72.0 Å². The summed E-state index contributed by atoms with van der Waals surface area (Å²) in [5.74, 6) is -5.65. The summed E-state index contributed by atoms with van der Waals surface area (Å²) in [4.78, 5) is 38.9. The molecule has 3 aromatic carbocycles. The first-order chi connectivity index (χ1) is 39.5. The molecule has 8 rings (SSSR count). The number of para-hydroxylation sites is 2. The Bertz CT molecular complexity index is 2870. The lowest BCUT2D eigenvalue weighted by atomic mass is 9.88. The van der Waals surface area contributed by atoms with E-state index in [1.54, 1.807) is 53.4 Å². The van der Waals surface area contributed by atoms with Crippen molar-refractivity contribution < 1.29 is 104 Å². The Kier molecular flexibility index (Phi) is 22.1. The van der Waals surface area contributed by atoms with E-state index in [2.05, 4.69) is 20.2 Å². The average Bonchev–Trinajstić information content (AvgIpc) is 3.01. The average molecular weight is 1150 g/mol. The van der Waals surface area contributed by atoms with Gasteiger partial charge in [-0.2, -0.15) is 0 Å². The number of amides is 1. The number of rotatable bonds is 28. The van der Waals surface area contributed by atoms with Crippen molar-refractivity contribution in [2.45, 2.75) is 150 Å². The number of nitrogens with one attached hydrogen (secondary N) is 1. The van der Waals surface area contributed by atoms with Crippen molar-refractivity contribution in [1.82, 2.24) is 24.9 Å². The second-order valence-corrected chi connectivity index (χ2v) is 20.2. The Hall–Kier alpha value is -5.77. The normalized spacial score (nSPS) is 29.5. The third kappa shape index (κ3) is 14.9. The number of benzene rings is 3. The second kappa shape index (κ2) is 29.2. The summed E-state index contributed by atoms with van der Waals surface area (Å²) in [6.45, 7) is -1.87. The highest BCUT2D eigenvalue weighted by Gasteiger charge is 2.57. The third-order valence-electron chi connectivity index (χ3n) is 14.5. The monoisotopic (exact) mass is 1150 g/mol. The van der Waals surface area contributed by atoms with Crippen molar-refractivity contribution in [2.24, 2.45) is 0 Å². The van der Waals surface area contributed by atoms with Crippen molar-refractivity contribution in [3.8, 4) is 0 Å². The maximum absolute atomic E-state index is 13.1. The van der Waals surface area contributed by atoms with Crippen LogP contribution in [0.15, 0.2) is 102 Å². The Morgan fingerprint density at radius 3 is 2.12 bits per heavy atom. The zero-order valence-electron chi connectivity index (χ0n) is 44.5. The summed E-state index contributed by atoms with van der Waals surface area (Å²) < 4.78 is 49.2. The van der Waals surface area contributed by atoms with E-state index in [0.29, 0.717) is 23.0 Å². The molecule has 0 saturated carbocycles. The van der Waals surface area contributed by atoms with E-state index in [1.807, 2.05) is 48.5 Å². The summed E-state index contributed by atoms with van der Waals surface area (Å²) >= 11 is 0. The van der Waals surface area contributed by atoms with Gasteiger partial charge in [0.2, 0.25) is 5.91 Å². The molecule has 16 atom stereocenters. The molecule has 0 aliphatic carbocycles. The van der Waals surface area contributed by atoms with E-state index >= 15 is 0 Å². The van der Waals surface area contributed by atoms with Gasteiger partial charge in [0, 0.05) is 30.3 Å². The van der Waals surface area contributed by atoms with Gasteiger partial charge in [0.1, 0.15) is 79.4 Å². The first-order valence-electron chi connectivity index (χ1n) is 26.9. The molecule has 3 aliphatic rings. The van der Waals surface area contributed by atoms with Gasteiger partial charge in [-0.3, -0.25) is 14.3 Å². The van der Waals surface area contributed by atoms with Gasteiger partial charge in [0.25, 0.3) is 5.79 Å². The number of aryl methyl sites for hydroxylation is 2. The number of nitrogens with zero attached hydrogens (tertiary/aromatic N) is 4. The SMILES string of the molecule is O=C(COCc1ccccc1)N[C@H]1[C@H]([C@H](O)[C@H](O)CO)O[C@@](OC[C@H]2O[C@@H](O[C@H]3[C@H](O)[C@@H](O)[C@H](OC/C=C/COCc4cn(CCCCCn5c6ccccc6c(=O)c6ccccc65)nn4)O[C@@H]3CO)[C@H](O)[C@@H](O)[C@H]2O)(C(=O)O)C[C@@H]1O. The maximum Gasteiger partial charge on any atom is 0.364 e. The number of fused-ring (bicyclic) bond motifs is 2. The van der Waals surface area contributed by atoms with E-state index in [4.69, 9.17) is 37.9 Å². The number of carbonyl (C=O) groups excluding carboxylic acids is 1. The lowest BCUT2D eigenvalue weighted by Gasteiger charge is -2.48. The number of aromatic nitrogens is 4. The number of carbonyl (C=O) groups is 2. The number of pyridine rings is 1. The van der Waals surface area contributed by atoms with Gasteiger partial charge in [0.05, 0.1) is 75.6 Å². The molecule has 0 spiro atoms. The predicted molar refractivity (Wildman–Crippen MR) is 283 cm³/mol. The molecule has 2 aromatic heterocycles. The molecule has 3 fully saturated rings. The Balaban J connectivity index is 0.776. The number of aliphatic hydroxyl groups is 10. The molecule has 0 unspecified atom stereocenters. The molecular weight excluding hydrogens is 1080 g/mol. The minimum atomic E-state index is -2.92. The van der Waals surface area contributed by atoms with Crippen LogP contribution in [-0.2, 0) is 73.8 Å². The van der Waals surface area contributed by atoms with Crippen LogP contribution in [0.25, 0.3) is 21.8 Å². The van der Waals surface area contributed by atoms with Gasteiger partial charge in [-0.15, -0.1) is 5.10 Å². The molecule has 0 radical (unpaired) electrons. The topological polar surface area (TPSA) is 395 Å². The highest BCUT2D eigenvalue weighted by Crippen LogP contribution is 2.36. The van der Waals surface area contributed by atoms with Gasteiger partial charge >= 0.3 is 5.97 Å². The van der Waals surface area contributed by atoms with E-state index in [0.717, 1.165) is 42.4 Å². The Labute approximate surface area is 469 Å². The molecule has 448 valence electrons. The quantitative estimate of drug-likeness (QED) is 0.0142. The van der Waals surface area contributed by atoms with Gasteiger partial charge in [0.15, 0.2) is 18.0 Å². The minimum absolute atomic E-state index is 0.0282. The molecule has 5 aromatic rings. The van der Waals surface area contributed by atoms with Crippen molar-refractivity contribution in [3.05, 3.63) is 119 Å². The molecule has 3 saturated heterocycles. The minimum Gasteiger partial charge on any atom is -0.477 e. The standard InChI is InChI=1S/C55H71N5O22/c61-25-38(64)44(67)51-42(56-41(65)30-76-27-31-13-3-1-4-14-31)37(63)23-55(82-51,54(73)74)78-29-40-45(68)46(69)48(71)53(80-40)81-50-39(26-62)79-52(49(72)47(50)70)77-22-12-11-21-75-28-32-24-59(58-57-32)19-9-2-10-20-60-35-17-7-5-15-33(35)43(66)34-16-6-8-18-36(34)60/h1,3-8,11-18,24,37-40,42,44-53,61-64,67-72H,2,9-10,19-23,25-30H2,(H,56,65)(H,73,74)/b12-11+/t37-,38+,39+,40+,42+,44+,45-,46-,47+,48+,49+,50+,51+,52+,53-,55+/m0/s1. The van der Waals surface area contributed by atoms with Crippen LogP contribution in [0.4, 0.5) is 0 Å². The molecule has 12 N–H and O–H groups in total. The van der Waals surface area contributed by atoms with E-state index in [9.17, 15) is 70.6 Å². The number of unbranched alkanes of at least 4 members (excludes halogenated alkanes) is 2. The highest BCUT2D eigenvalue weighted by atomic mass is 16.8. The van der Waals surface area contributed by atoms with Crippen LogP contribution < -0.4 is 10.7 Å². The van der Waals surface area contributed by atoms with Crippen molar-refractivity contribution >= 4 is 33.7 Å². The zero-order valence-corrected chi connectivity index (χ0v) is 44.5. The first-order valence-corrected chi connectivity index (χ1v) is 26.9. The molecule has 27 heteroatoms. The van der Waals surface area contributed by atoms with Crippen LogP contribution in [0.2, 0.25) is 0 Å². The Morgan fingerprint density at radius 1 is 0.768 bits per heavy atom. The number of aliphatic hydroxyl groups excluding tert-OH is 10. The lowest BCUT2D eigenvalue weighted by Crippen LogP contribution is -2.69. The number of hydrogen-bond donors (Lipinski definition) is 12. The van der Waals surface area contributed by atoms with Crippen molar-refractivity contribution in [2.75, 3.05) is 39.6 Å². The number of carboxylic acid groups (broad SMARTS) is 1. The molecule has 0 bridgehead atoms. The molecule has 1 amide bonds. The van der Waals surface area contributed by atoms with Crippen LogP contribution in [-0.4, -0.2) is 225 Å². The van der Waals surface area contributed by atoms with E-state index in [-0.39, 0.29) is 31.9 Å². The second-order valence-electron chi connectivity index (χ2n) is 20.2. The number of ether oxygens (including phenoxy) is 8. The highest BCUT2D eigenvalue weighted by molar-refractivity contribution is 5.93. The molecule has 82 heavy (non-hydrogen) atoms. The van der Waals surface area contributed by atoms with Crippen molar-refractivity contribution in [3.63, 3.8) is 0 Å². The van der Waals surface area contributed by atoms with E-state index < -0.39 is 142 Å². The smallest absolute Gasteiger partial charge is 0.364 e. The maximum atomic E-state index is 13.1. The largest absolute Gasteiger partial charge is 0.477 e. The number of carboxylic acids is 1. The predicted octanol–water partition coefficient (Wildman–Crippen LogP) is -2.30. The zero-order chi connectivity index (χ0) is 58.5. The van der Waals surface area contributed by atoms with Gasteiger partial charge in [-0.05, 0) is 49.1 Å². The molecular formula is C55H71N5O22. The summed E-state index contributed by atoms with van der Waals surface area (Å²) in [6, 6.07) is 22.5. The number of aliphatic carboxylic acids is 1. The summed E-state index contributed by atoms with van der Waals surface area (Å²) in [7, 11) is 0. The fourth-order valence-electron chi connectivity index (χ4n) is 10.1. The molecule has 27 nitrogen and oxygen atoms in total. The lowest BCUT2D eigenvalue weighted by molar-refractivity contribution is -0.366. The van der Waals surface area contributed by atoms with E-state index in [1.165, 1.54) is 0 Å². The van der Waals surface area contributed by atoms with Gasteiger partial charge < -0.3 is 104 Å². The Morgan fingerprint density at radius 2 is 1.43 bits per heavy atom. The van der Waals surface area contributed by atoms with Crippen LogP contribution in [0.1, 0.15) is 36.9 Å².